The fourth-order valence-corrected chi connectivity index (χ4v) is 2.41. The Balaban J connectivity index is 2.30. The van der Waals surface area contributed by atoms with Gasteiger partial charge in [-0.3, -0.25) is 4.79 Å². The van der Waals surface area contributed by atoms with E-state index in [1.54, 1.807) is 0 Å². The summed E-state index contributed by atoms with van der Waals surface area (Å²) in [7, 11) is 0. The number of aryl methyl sites for hydroxylation is 1. The van der Waals surface area contributed by atoms with Crippen LogP contribution in [0.1, 0.15) is 31.7 Å². The van der Waals surface area contributed by atoms with Gasteiger partial charge in [0, 0.05) is 24.8 Å². The number of nitrogens with zero attached hydrogens (tertiary/aromatic N) is 1. The summed E-state index contributed by atoms with van der Waals surface area (Å²) in [5.41, 5.74) is 1.31. The molecule has 0 aromatic heterocycles. The third-order valence-corrected chi connectivity index (χ3v) is 3.25. The zero-order valence-corrected chi connectivity index (χ0v) is 12.7. The summed E-state index contributed by atoms with van der Waals surface area (Å²) in [6.45, 7) is 3.80. The van der Waals surface area contributed by atoms with Gasteiger partial charge in [0.2, 0.25) is 5.91 Å². The third-order valence-electron chi connectivity index (χ3n) is 2.90. The molecule has 0 bridgehead atoms. The second kappa shape index (κ2) is 9.15. The van der Waals surface area contributed by atoms with E-state index in [1.165, 1.54) is 5.56 Å². The van der Waals surface area contributed by atoms with Crippen LogP contribution >= 0.6 is 15.9 Å². The Hall–Kier alpha value is -0.830. The molecule has 0 heterocycles. The summed E-state index contributed by atoms with van der Waals surface area (Å²) >= 11 is 3.40. The molecule has 0 spiro atoms. The molecule has 0 aliphatic rings. The van der Waals surface area contributed by atoms with Gasteiger partial charge < -0.3 is 4.90 Å². The minimum Gasteiger partial charge on any atom is -0.342 e. The third kappa shape index (κ3) is 5.67. The molecule has 0 radical (unpaired) electrons. The first-order chi connectivity index (χ1) is 8.77. The van der Waals surface area contributed by atoms with Crippen LogP contribution in [0.2, 0.25) is 0 Å². The standard InChI is InChI=1S/C15H22BrNO/c1-2-12-17(13-11-16)15(18)10-6-9-14-7-4-3-5-8-14/h3-5,7-8H,2,6,9-13H2,1H3. The highest BCUT2D eigenvalue weighted by Crippen LogP contribution is 2.07. The minimum absolute atomic E-state index is 0.284. The van der Waals surface area contributed by atoms with E-state index in [0.29, 0.717) is 6.42 Å². The Morgan fingerprint density at radius 3 is 2.56 bits per heavy atom. The van der Waals surface area contributed by atoms with Crippen LogP contribution in [0.5, 0.6) is 0 Å². The average Bonchev–Trinajstić information content (AvgIpc) is 2.39. The topological polar surface area (TPSA) is 20.3 Å². The Morgan fingerprint density at radius 2 is 1.94 bits per heavy atom. The number of rotatable bonds is 8. The van der Waals surface area contributed by atoms with Gasteiger partial charge in [0.25, 0.3) is 0 Å². The SMILES string of the molecule is CCCN(CCBr)C(=O)CCCc1ccccc1. The van der Waals surface area contributed by atoms with Gasteiger partial charge in [-0.1, -0.05) is 53.2 Å². The van der Waals surface area contributed by atoms with Crippen molar-refractivity contribution in [1.82, 2.24) is 4.90 Å². The number of halogens is 1. The highest BCUT2D eigenvalue weighted by Gasteiger charge is 2.11. The summed E-state index contributed by atoms with van der Waals surface area (Å²) in [5, 5.41) is 0.859. The highest BCUT2D eigenvalue weighted by molar-refractivity contribution is 9.09. The number of amides is 1. The molecule has 18 heavy (non-hydrogen) atoms. The van der Waals surface area contributed by atoms with Gasteiger partial charge in [0.05, 0.1) is 0 Å². The van der Waals surface area contributed by atoms with Gasteiger partial charge in [-0.05, 0) is 24.8 Å². The maximum absolute atomic E-state index is 12.0. The largest absolute Gasteiger partial charge is 0.342 e. The van der Waals surface area contributed by atoms with Crippen LogP contribution < -0.4 is 0 Å². The van der Waals surface area contributed by atoms with E-state index < -0.39 is 0 Å². The van der Waals surface area contributed by atoms with Gasteiger partial charge in [-0.15, -0.1) is 0 Å². The lowest BCUT2D eigenvalue weighted by Crippen LogP contribution is -2.33. The lowest BCUT2D eigenvalue weighted by Gasteiger charge is -2.21. The van der Waals surface area contributed by atoms with Crippen molar-refractivity contribution >= 4 is 21.8 Å². The number of carbonyl (C=O) groups is 1. The van der Waals surface area contributed by atoms with E-state index >= 15 is 0 Å². The zero-order valence-electron chi connectivity index (χ0n) is 11.1. The first kappa shape index (κ1) is 15.2. The molecule has 0 atom stereocenters. The van der Waals surface area contributed by atoms with Crippen molar-refractivity contribution in [3.05, 3.63) is 35.9 Å². The van der Waals surface area contributed by atoms with Crippen molar-refractivity contribution < 1.29 is 4.79 Å². The van der Waals surface area contributed by atoms with Crippen molar-refractivity contribution in [3.8, 4) is 0 Å². The predicted molar refractivity (Wildman–Crippen MR) is 80.0 cm³/mol. The normalized spacial score (nSPS) is 10.3. The molecule has 1 aromatic carbocycles. The van der Waals surface area contributed by atoms with E-state index in [1.807, 2.05) is 23.1 Å². The Kier molecular flexibility index (Phi) is 7.74. The van der Waals surface area contributed by atoms with Gasteiger partial charge >= 0.3 is 0 Å². The predicted octanol–water partition coefficient (Wildman–Crippen LogP) is 3.64. The van der Waals surface area contributed by atoms with E-state index in [4.69, 9.17) is 0 Å². The highest BCUT2D eigenvalue weighted by atomic mass is 79.9. The van der Waals surface area contributed by atoms with Crippen LogP contribution in [0, 0.1) is 0 Å². The van der Waals surface area contributed by atoms with Crippen LogP contribution in [-0.2, 0) is 11.2 Å². The summed E-state index contributed by atoms with van der Waals surface area (Å²) in [5.74, 6) is 0.284. The summed E-state index contributed by atoms with van der Waals surface area (Å²) < 4.78 is 0. The number of benzene rings is 1. The van der Waals surface area contributed by atoms with Gasteiger partial charge in [0.1, 0.15) is 0 Å². The van der Waals surface area contributed by atoms with E-state index in [-0.39, 0.29) is 5.91 Å². The molecule has 1 amide bonds. The lowest BCUT2D eigenvalue weighted by atomic mass is 10.1. The lowest BCUT2D eigenvalue weighted by molar-refractivity contribution is -0.131. The van der Waals surface area contributed by atoms with Gasteiger partial charge in [-0.25, -0.2) is 0 Å². The minimum atomic E-state index is 0.284. The zero-order chi connectivity index (χ0) is 13.2. The second-order valence-electron chi connectivity index (χ2n) is 4.41. The Labute approximate surface area is 119 Å². The van der Waals surface area contributed by atoms with Gasteiger partial charge in [0.15, 0.2) is 0 Å². The van der Waals surface area contributed by atoms with Crippen LogP contribution in [0.15, 0.2) is 30.3 Å². The molecule has 1 aromatic rings. The first-order valence-corrected chi connectivity index (χ1v) is 7.77. The maximum Gasteiger partial charge on any atom is 0.222 e. The van der Waals surface area contributed by atoms with E-state index in [0.717, 1.165) is 37.7 Å². The summed E-state index contributed by atoms with van der Waals surface area (Å²) in [6, 6.07) is 10.4. The molecule has 3 heteroatoms. The fraction of sp³-hybridized carbons (Fsp3) is 0.533. The van der Waals surface area contributed by atoms with Crippen molar-refractivity contribution in [3.63, 3.8) is 0 Å². The monoisotopic (exact) mass is 311 g/mol. The molecule has 0 saturated heterocycles. The summed E-state index contributed by atoms with van der Waals surface area (Å²) in [6.07, 6.45) is 3.60. The number of hydrogen-bond donors (Lipinski definition) is 0. The van der Waals surface area contributed by atoms with Crippen molar-refractivity contribution in [2.24, 2.45) is 0 Å². The van der Waals surface area contributed by atoms with E-state index in [9.17, 15) is 4.79 Å². The van der Waals surface area contributed by atoms with Crippen molar-refractivity contribution in [2.45, 2.75) is 32.6 Å². The molecule has 0 saturated carbocycles. The fourth-order valence-electron chi connectivity index (χ4n) is 1.98. The Bertz CT molecular complexity index is 334. The smallest absolute Gasteiger partial charge is 0.222 e. The molecule has 0 N–H and O–H groups in total. The van der Waals surface area contributed by atoms with Crippen LogP contribution in [0.25, 0.3) is 0 Å². The maximum atomic E-state index is 12.0. The average molecular weight is 312 g/mol. The molecule has 0 aliphatic heterocycles. The first-order valence-electron chi connectivity index (χ1n) is 6.65. The molecule has 0 unspecified atom stereocenters. The molecular formula is C15H22BrNO. The molecule has 0 aliphatic carbocycles. The van der Waals surface area contributed by atoms with Crippen molar-refractivity contribution in [1.29, 1.82) is 0 Å². The molecule has 0 fully saturated rings. The number of carbonyl (C=O) groups excluding carboxylic acids is 1. The number of hydrogen-bond acceptors (Lipinski definition) is 1. The second-order valence-corrected chi connectivity index (χ2v) is 5.20. The quantitative estimate of drug-likeness (QED) is 0.671. The molecule has 100 valence electrons. The Morgan fingerprint density at radius 1 is 1.22 bits per heavy atom. The van der Waals surface area contributed by atoms with Crippen molar-refractivity contribution in [2.75, 3.05) is 18.4 Å². The van der Waals surface area contributed by atoms with E-state index in [2.05, 4.69) is 35.0 Å². The molecule has 2 nitrogen and oxygen atoms in total. The van der Waals surface area contributed by atoms with Crippen LogP contribution in [0.4, 0.5) is 0 Å². The number of alkyl halides is 1. The molecular weight excluding hydrogens is 290 g/mol. The summed E-state index contributed by atoms with van der Waals surface area (Å²) in [4.78, 5) is 14.0. The van der Waals surface area contributed by atoms with Crippen LogP contribution in [0.3, 0.4) is 0 Å². The van der Waals surface area contributed by atoms with Gasteiger partial charge in [-0.2, -0.15) is 0 Å². The van der Waals surface area contributed by atoms with Crippen LogP contribution in [-0.4, -0.2) is 29.2 Å². The molecule has 1 rings (SSSR count).